The second kappa shape index (κ2) is 2.44. The molecule has 4 bridgehead atoms. The quantitative estimate of drug-likeness (QED) is 0.448. The molecule has 1 aliphatic carbocycles. The Balaban J connectivity index is 1.89. The fourth-order valence-corrected chi connectivity index (χ4v) is 3.72. The van der Waals surface area contributed by atoms with Gasteiger partial charge in [0.25, 0.3) is 6.17 Å². The van der Waals surface area contributed by atoms with Crippen molar-refractivity contribution >= 4 is 0 Å². The number of piperidine rings is 3. The summed E-state index contributed by atoms with van der Waals surface area (Å²) in [4.78, 5) is 12.9. The number of rotatable bonds is 1. The van der Waals surface area contributed by atoms with E-state index in [0.717, 1.165) is 37.8 Å². The molecule has 4 rings (SSSR count). The molecule has 0 aromatic carbocycles. The van der Waals surface area contributed by atoms with Crippen LogP contribution in [0, 0.1) is 27.9 Å². The van der Waals surface area contributed by atoms with Gasteiger partial charge in [0.05, 0.1) is 0 Å². The van der Waals surface area contributed by atoms with Crippen molar-refractivity contribution in [1.82, 2.24) is 4.90 Å². The molecule has 0 aromatic rings. The molecule has 3 atom stereocenters. The summed E-state index contributed by atoms with van der Waals surface area (Å²) in [5, 5.41) is 10.9. The van der Waals surface area contributed by atoms with Crippen LogP contribution >= 0.6 is 0 Å². The van der Waals surface area contributed by atoms with Crippen LogP contribution in [0.3, 0.4) is 0 Å². The molecule has 0 amide bonds. The minimum atomic E-state index is -0.340. The van der Waals surface area contributed by atoms with Crippen LogP contribution in [0.5, 0.6) is 0 Å². The molecule has 0 aromatic heterocycles. The van der Waals surface area contributed by atoms with Crippen LogP contribution in [-0.2, 0) is 0 Å². The molecule has 3 aliphatic heterocycles. The van der Waals surface area contributed by atoms with Gasteiger partial charge in [-0.15, -0.1) is 0 Å². The van der Waals surface area contributed by atoms with Crippen molar-refractivity contribution in [3.8, 4) is 0 Å². The SMILES string of the molecule is O=[N+]([O-])C1C2CC3CC(C2)CN1C3. The second-order valence-corrected chi connectivity index (χ2v) is 4.85. The lowest BCUT2D eigenvalue weighted by molar-refractivity contribution is -0.572. The van der Waals surface area contributed by atoms with Crippen molar-refractivity contribution in [2.24, 2.45) is 17.8 Å². The molecule has 3 unspecified atom stereocenters. The third-order valence-corrected chi connectivity index (χ3v) is 3.94. The Labute approximate surface area is 77.1 Å². The fourth-order valence-electron chi connectivity index (χ4n) is 3.72. The second-order valence-electron chi connectivity index (χ2n) is 4.85. The van der Waals surface area contributed by atoms with E-state index in [2.05, 4.69) is 4.90 Å². The van der Waals surface area contributed by atoms with Gasteiger partial charge in [-0.1, -0.05) is 0 Å². The Kier molecular flexibility index (Phi) is 1.45. The molecule has 4 heteroatoms. The van der Waals surface area contributed by atoms with Crippen molar-refractivity contribution in [3.63, 3.8) is 0 Å². The predicted octanol–water partition coefficient (Wildman–Crippen LogP) is 0.951. The first-order chi connectivity index (χ1) is 6.24. The molecule has 4 fully saturated rings. The maximum Gasteiger partial charge on any atom is 0.271 e. The maximum atomic E-state index is 10.9. The van der Waals surface area contributed by atoms with Gasteiger partial charge in [-0.2, -0.15) is 0 Å². The van der Waals surface area contributed by atoms with E-state index in [9.17, 15) is 10.1 Å². The maximum absolute atomic E-state index is 10.9. The molecular formula is C9H14N2O2. The van der Waals surface area contributed by atoms with Gasteiger partial charge in [-0.25, -0.2) is 4.90 Å². The summed E-state index contributed by atoms with van der Waals surface area (Å²) in [6.45, 7) is 1.97. The predicted molar refractivity (Wildman–Crippen MR) is 46.7 cm³/mol. The monoisotopic (exact) mass is 182 g/mol. The number of hydrogen-bond acceptors (Lipinski definition) is 3. The summed E-state index contributed by atoms with van der Waals surface area (Å²) < 4.78 is 0. The highest BCUT2D eigenvalue weighted by Crippen LogP contribution is 2.46. The van der Waals surface area contributed by atoms with Gasteiger partial charge in [0.15, 0.2) is 0 Å². The lowest BCUT2D eigenvalue weighted by atomic mass is 9.67. The smallest absolute Gasteiger partial charge is 0.263 e. The van der Waals surface area contributed by atoms with E-state index in [1.807, 2.05) is 0 Å². The first-order valence-electron chi connectivity index (χ1n) is 5.11. The van der Waals surface area contributed by atoms with Crippen LogP contribution in [0.25, 0.3) is 0 Å². The van der Waals surface area contributed by atoms with Gasteiger partial charge >= 0.3 is 0 Å². The van der Waals surface area contributed by atoms with E-state index in [1.165, 1.54) is 6.42 Å². The first kappa shape index (κ1) is 7.74. The lowest BCUT2D eigenvalue weighted by Gasteiger charge is -2.52. The van der Waals surface area contributed by atoms with Crippen molar-refractivity contribution < 1.29 is 4.92 Å². The topological polar surface area (TPSA) is 46.4 Å². The molecule has 4 nitrogen and oxygen atoms in total. The summed E-state index contributed by atoms with van der Waals surface area (Å²) in [5.74, 6) is 1.91. The van der Waals surface area contributed by atoms with Crippen molar-refractivity contribution in [3.05, 3.63) is 10.1 Å². The van der Waals surface area contributed by atoms with Gasteiger partial charge in [0.2, 0.25) is 0 Å². The highest BCUT2D eigenvalue weighted by atomic mass is 16.6. The standard InChI is InChI=1S/C9H14N2O2/c12-11(13)9-8-2-6-1-7(3-8)5-10(9)4-6/h6-9H,1-5H2. The summed E-state index contributed by atoms with van der Waals surface area (Å²) in [7, 11) is 0. The van der Waals surface area contributed by atoms with Gasteiger partial charge < -0.3 is 0 Å². The molecule has 4 aliphatic rings. The van der Waals surface area contributed by atoms with Crippen LogP contribution in [-0.4, -0.2) is 29.1 Å². The van der Waals surface area contributed by atoms with Crippen LogP contribution in [0.1, 0.15) is 19.3 Å². The van der Waals surface area contributed by atoms with E-state index in [4.69, 9.17) is 0 Å². The van der Waals surface area contributed by atoms with Gasteiger partial charge in [0, 0.05) is 23.9 Å². The molecule has 3 saturated heterocycles. The molecule has 0 radical (unpaired) electrons. The molecule has 13 heavy (non-hydrogen) atoms. The zero-order chi connectivity index (χ0) is 9.00. The zero-order valence-corrected chi connectivity index (χ0v) is 7.56. The van der Waals surface area contributed by atoms with Crippen LogP contribution < -0.4 is 0 Å². The van der Waals surface area contributed by atoms with Gasteiger partial charge in [0.1, 0.15) is 0 Å². The Morgan fingerprint density at radius 3 is 2.23 bits per heavy atom. The molecular weight excluding hydrogens is 168 g/mol. The minimum Gasteiger partial charge on any atom is -0.263 e. The fraction of sp³-hybridized carbons (Fsp3) is 1.00. The average molecular weight is 182 g/mol. The van der Waals surface area contributed by atoms with E-state index in [-0.39, 0.29) is 11.1 Å². The third-order valence-electron chi connectivity index (χ3n) is 3.94. The van der Waals surface area contributed by atoms with Gasteiger partial charge in [-0.3, -0.25) is 10.1 Å². The van der Waals surface area contributed by atoms with Gasteiger partial charge in [-0.05, 0) is 31.1 Å². The zero-order valence-electron chi connectivity index (χ0n) is 7.56. The van der Waals surface area contributed by atoms with E-state index in [1.54, 1.807) is 0 Å². The number of nitro groups is 1. The Hall–Kier alpha value is -0.640. The largest absolute Gasteiger partial charge is 0.271 e. The average Bonchev–Trinajstić information content (AvgIpc) is 2.00. The van der Waals surface area contributed by atoms with E-state index < -0.39 is 0 Å². The van der Waals surface area contributed by atoms with Crippen LogP contribution in [0.4, 0.5) is 0 Å². The van der Waals surface area contributed by atoms with Crippen molar-refractivity contribution in [1.29, 1.82) is 0 Å². The Bertz CT molecular complexity index is 226. The Morgan fingerprint density at radius 1 is 1.15 bits per heavy atom. The van der Waals surface area contributed by atoms with Crippen LogP contribution in [0.2, 0.25) is 0 Å². The molecule has 0 spiro atoms. The highest BCUT2D eigenvalue weighted by molar-refractivity contribution is 4.95. The summed E-state index contributed by atoms with van der Waals surface area (Å²) in [6, 6.07) is 0. The summed E-state index contributed by atoms with van der Waals surface area (Å²) in [6.07, 6.45) is 3.21. The Morgan fingerprint density at radius 2 is 1.77 bits per heavy atom. The van der Waals surface area contributed by atoms with Crippen molar-refractivity contribution in [2.45, 2.75) is 25.4 Å². The number of nitrogens with zero attached hydrogens (tertiary/aromatic N) is 2. The molecule has 3 heterocycles. The van der Waals surface area contributed by atoms with Crippen molar-refractivity contribution in [2.75, 3.05) is 13.1 Å². The highest BCUT2D eigenvalue weighted by Gasteiger charge is 2.52. The normalized spacial score (nSPS) is 52.5. The minimum absolute atomic E-state index is 0.0670. The molecule has 72 valence electrons. The summed E-state index contributed by atoms with van der Waals surface area (Å²) in [5.41, 5.74) is 0. The summed E-state index contributed by atoms with van der Waals surface area (Å²) >= 11 is 0. The first-order valence-corrected chi connectivity index (χ1v) is 5.11. The number of hydrogen-bond donors (Lipinski definition) is 0. The molecule has 0 N–H and O–H groups in total. The van der Waals surface area contributed by atoms with E-state index >= 15 is 0 Å². The molecule has 1 saturated carbocycles. The van der Waals surface area contributed by atoms with E-state index in [0.29, 0.717) is 5.92 Å². The van der Waals surface area contributed by atoms with Crippen LogP contribution in [0.15, 0.2) is 0 Å². The third kappa shape index (κ3) is 1.01. The lowest BCUT2D eigenvalue weighted by Crippen LogP contribution is -2.61.